The van der Waals surface area contributed by atoms with Gasteiger partial charge in [-0.1, -0.05) is 19.0 Å². The predicted octanol–water partition coefficient (Wildman–Crippen LogP) is 0.600. The Hall–Kier alpha value is -2.44. The molecule has 0 aliphatic rings. The third-order valence-electron chi connectivity index (χ3n) is 2.72. The molecule has 1 aromatic carbocycles. The lowest BCUT2D eigenvalue weighted by Gasteiger charge is -2.23. The lowest BCUT2D eigenvalue weighted by molar-refractivity contribution is 0.0941. The van der Waals surface area contributed by atoms with Gasteiger partial charge >= 0.3 is 0 Å². The summed E-state index contributed by atoms with van der Waals surface area (Å²) in [5, 5.41) is 32.7. The fraction of sp³-hybridized carbons (Fsp3) is 0.333. The summed E-state index contributed by atoms with van der Waals surface area (Å²) >= 11 is 0. The van der Waals surface area contributed by atoms with Gasteiger partial charge in [0, 0.05) is 18.0 Å². The highest BCUT2D eigenvalue weighted by Gasteiger charge is 2.25. The molecule has 1 amide bonds. The van der Waals surface area contributed by atoms with E-state index in [4.69, 9.17) is 16.0 Å². The smallest absolute Gasteiger partial charge is 0.255 e. The van der Waals surface area contributed by atoms with Crippen LogP contribution in [-0.2, 0) is 0 Å². The molecule has 104 valence electrons. The van der Waals surface area contributed by atoms with E-state index in [-0.39, 0.29) is 29.4 Å². The van der Waals surface area contributed by atoms with Crippen LogP contribution in [0.4, 0.5) is 0 Å². The van der Waals surface area contributed by atoms with Crippen LogP contribution in [0.25, 0.3) is 0 Å². The van der Waals surface area contributed by atoms with Crippen LogP contribution in [0.3, 0.4) is 0 Å². The van der Waals surface area contributed by atoms with Crippen LogP contribution in [0.5, 0.6) is 11.5 Å². The molecule has 1 rings (SSSR count). The van der Waals surface area contributed by atoms with Crippen molar-refractivity contribution in [2.24, 2.45) is 16.3 Å². The second kappa shape index (κ2) is 5.47. The minimum absolute atomic E-state index is 0.0114. The van der Waals surface area contributed by atoms with E-state index in [9.17, 15) is 9.90 Å². The van der Waals surface area contributed by atoms with Crippen LogP contribution < -0.4 is 11.1 Å². The van der Waals surface area contributed by atoms with Crippen molar-refractivity contribution >= 4 is 11.7 Å². The average molecular weight is 267 g/mol. The van der Waals surface area contributed by atoms with Gasteiger partial charge in [0.15, 0.2) is 0 Å². The number of benzene rings is 1. The van der Waals surface area contributed by atoms with E-state index < -0.39 is 11.3 Å². The summed E-state index contributed by atoms with van der Waals surface area (Å²) in [7, 11) is 0. The second-order valence-corrected chi connectivity index (χ2v) is 4.75. The Balaban J connectivity index is 2.76. The van der Waals surface area contributed by atoms with Gasteiger partial charge in [-0.3, -0.25) is 4.79 Å². The third kappa shape index (κ3) is 3.51. The van der Waals surface area contributed by atoms with Gasteiger partial charge < -0.3 is 26.5 Å². The second-order valence-electron chi connectivity index (χ2n) is 4.75. The number of nitrogens with two attached hydrogens (primary N) is 1. The molecule has 7 nitrogen and oxygen atoms in total. The number of nitrogens with one attached hydrogen (secondary N) is 1. The number of amidine groups is 1. The summed E-state index contributed by atoms with van der Waals surface area (Å²) in [4.78, 5) is 11.8. The van der Waals surface area contributed by atoms with Gasteiger partial charge in [0.2, 0.25) is 0 Å². The molecule has 0 radical (unpaired) electrons. The highest BCUT2D eigenvalue weighted by molar-refractivity contribution is 5.97. The summed E-state index contributed by atoms with van der Waals surface area (Å²) in [5.74, 6) is -0.982. The van der Waals surface area contributed by atoms with E-state index in [1.165, 1.54) is 12.1 Å². The number of hydrogen-bond donors (Lipinski definition) is 5. The van der Waals surface area contributed by atoms with Gasteiger partial charge in [0.1, 0.15) is 17.3 Å². The van der Waals surface area contributed by atoms with Crippen LogP contribution in [-0.4, -0.2) is 33.7 Å². The molecule has 0 aliphatic carbocycles. The number of phenols is 2. The monoisotopic (exact) mass is 267 g/mol. The Morgan fingerprint density at radius 1 is 1.42 bits per heavy atom. The lowest BCUT2D eigenvalue weighted by atomic mass is 9.92. The summed E-state index contributed by atoms with van der Waals surface area (Å²) < 4.78 is 0. The molecule has 0 saturated carbocycles. The molecule has 0 heterocycles. The number of nitrogens with zero attached hydrogens (tertiary/aromatic N) is 1. The zero-order valence-electron chi connectivity index (χ0n) is 10.7. The van der Waals surface area contributed by atoms with Crippen molar-refractivity contribution in [2.45, 2.75) is 13.8 Å². The first-order valence-electron chi connectivity index (χ1n) is 5.56. The maximum absolute atomic E-state index is 11.8. The highest BCUT2D eigenvalue weighted by Crippen LogP contribution is 2.22. The average Bonchev–Trinajstić information content (AvgIpc) is 2.35. The van der Waals surface area contributed by atoms with Gasteiger partial charge in [-0.25, -0.2) is 0 Å². The molecule has 0 saturated heterocycles. The highest BCUT2D eigenvalue weighted by atomic mass is 16.4. The first-order chi connectivity index (χ1) is 8.77. The molecule has 0 atom stereocenters. The summed E-state index contributed by atoms with van der Waals surface area (Å²) in [5.41, 5.74) is 4.80. The molecule has 0 aliphatic heterocycles. The first kappa shape index (κ1) is 14.6. The van der Waals surface area contributed by atoms with Gasteiger partial charge in [-0.05, 0) is 12.1 Å². The van der Waals surface area contributed by atoms with E-state index in [0.29, 0.717) is 0 Å². The van der Waals surface area contributed by atoms with E-state index in [0.717, 1.165) is 6.07 Å². The van der Waals surface area contributed by atoms with E-state index in [1.54, 1.807) is 13.8 Å². The first-order valence-corrected chi connectivity index (χ1v) is 5.56. The van der Waals surface area contributed by atoms with Crippen molar-refractivity contribution in [1.29, 1.82) is 0 Å². The molecule has 6 N–H and O–H groups in total. The van der Waals surface area contributed by atoms with Crippen LogP contribution in [0.2, 0.25) is 0 Å². The minimum Gasteiger partial charge on any atom is -0.508 e. The Morgan fingerprint density at radius 3 is 2.58 bits per heavy atom. The molecule has 0 unspecified atom stereocenters. The van der Waals surface area contributed by atoms with E-state index >= 15 is 0 Å². The fourth-order valence-electron chi connectivity index (χ4n) is 1.33. The van der Waals surface area contributed by atoms with Crippen LogP contribution in [0.1, 0.15) is 24.2 Å². The van der Waals surface area contributed by atoms with Crippen molar-refractivity contribution in [2.75, 3.05) is 6.54 Å². The number of amides is 1. The minimum atomic E-state index is -0.725. The van der Waals surface area contributed by atoms with E-state index in [1.807, 2.05) is 0 Å². The molecule has 7 heteroatoms. The standard InChI is InChI=1S/C12H17N3O4/c1-12(2,11(13)15-19)6-14-10(18)8-4-3-7(16)5-9(8)17/h3-5,16-17,19H,6H2,1-2H3,(H2,13,15)(H,14,18). The van der Waals surface area contributed by atoms with Crippen LogP contribution in [0.15, 0.2) is 23.4 Å². The molecule has 1 aromatic rings. The fourth-order valence-corrected chi connectivity index (χ4v) is 1.33. The molecule has 0 spiro atoms. The number of carbonyl (C=O) groups excluding carboxylic acids is 1. The number of aromatic hydroxyl groups is 2. The zero-order chi connectivity index (χ0) is 14.6. The molecule has 0 bridgehead atoms. The molecular formula is C12H17N3O4. The Labute approximate surface area is 110 Å². The van der Waals surface area contributed by atoms with Crippen LogP contribution >= 0.6 is 0 Å². The third-order valence-corrected chi connectivity index (χ3v) is 2.72. The number of hydrogen-bond acceptors (Lipinski definition) is 5. The van der Waals surface area contributed by atoms with Crippen molar-refractivity contribution in [3.8, 4) is 11.5 Å². The molecular weight excluding hydrogens is 250 g/mol. The molecule has 0 aromatic heterocycles. The summed E-state index contributed by atoms with van der Waals surface area (Å²) in [6, 6.07) is 3.67. The number of phenolic OH excluding ortho intramolecular Hbond substituents is 2. The zero-order valence-corrected chi connectivity index (χ0v) is 10.7. The van der Waals surface area contributed by atoms with Crippen molar-refractivity contribution < 1.29 is 20.2 Å². The van der Waals surface area contributed by atoms with Gasteiger partial charge in [-0.15, -0.1) is 0 Å². The Kier molecular flexibility index (Phi) is 4.21. The maximum atomic E-state index is 11.8. The van der Waals surface area contributed by atoms with Gasteiger partial charge in [-0.2, -0.15) is 0 Å². The summed E-state index contributed by atoms with van der Waals surface area (Å²) in [6.45, 7) is 3.51. The van der Waals surface area contributed by atoms with Crippen molar-refractivity contribution in [1.82, 2.24) is 5.32 Å². The maximum Gasteiger partial charge on any atom is 0.255 e. The lowest BCUT2D eigenvalue weighted by Crippen LogP contribution is -2.42. The summed E-state index contributed by atoms with van der Waals surface area (Å²) in [6.07, 6.45) is 0. The van der Waals surface area contributed by atoms with Gasteiger partial charge in [0.25, 0.3) is 5.91 Å². The number of oxime groups is 1. The largest absolute Gasteiger partial charge is 0.508 e. The number of carbonyl (C=O) groups is 1. The number of rotatable bonds is 4. The quantitative estimate of drug-likeness (QED) is 0.236. The molecule has 19 heavy (non-hydrogen) atoms. The van der Waals surface area contributed by atoms with Crippen molar-refractivity contribution in [3.63, 3.8) is 0 Å². The Bertz CT molecular complexity index is 512. The normalized spacial score (nSPS) is 12.2. The van der Waals surface area contributed by atoms with Gasteiger partial charge in [0.05, 0.1) is 5.56 Å². The predicted molar refractivity (Wildman–Crippen MR) is 69.3 cm³/mol. The SMILES string of the molecule is CC(C)(CNC(=O)c1ccc(O)cc1O)/C(N)=N/O. The van der Waals surface area contributed by atoms with Crippen LogP contribution in [0, 0.1) is 5.41 Å². The molecule has 0 fully saturated rings. The Morgan fingerprint density at radius 2 is 2.05 bits per heavy atom. The van der Waals surface area contributed by atoms with Crippen molar-refractivity contribution in [3.05, 3.63) is 23.8 Å². The topological polar surface area (TPSA) is 128 Å². The van der Waals surface area contributed by atoms with E-state index in [2.05, 4.69) is 10.5 Å².